The second-order valence-corrected chi connectivity index (χ2v) is 4.46. The zero-order valence-electron chi connectivity index (χ0n) is 8.99. The Morgan fingerprint density at radius 2 is 2.00 bits per heavy atom. The van der Waals surface area contributed by atoms with Gasteiger partial charge in [0, 0.05) is 22.5 Å². The standard InChI is InChI=1S/C12H12F2N2S/c13-12(14)17-11-6-2-1-5-10(11)16-8-9-4-3-7-15-9/h1-7,12,15-16H,8H2. The second kappa shape index (κ2) is 5.72. The summed E-state index contributed by atoms with van der Waals surface area (Å²) in [4.78, 5) is 3.61. The predicted octanol–water partition coefficient (Wildman–Crippen LogP) is 3.94. The smallest absolute Gasteiger partial charge is 0.288 e. The zero-order valence-corrected chi connectivity index (χ0v) is 9.81. The number of para-hydroxylation sites is 1. The van der Waals surface area contributed by atoms with Gasteiger partial charge in [0.1, 0.15) is 0 Å². The molecule has 2 nitrogen and oxygen atoms in total. The molecule has 5 heteroatoms. The number of nitrogens with one attached hydrogen (secondary N) is 2. The van der Waals surface area contributed by atoms with E-state index in [9.17, 15) is 8.78 Å². The molecule has 2 aromatic rings. The monoisotopic (exact) mass is 254 g/mol. The lowest BCUT2D eigenvalue weighted by Gasteiger charge is -2.10. The van der Waals surface area contributed by atoms with E-state index >= 15 is 0 Å². The summed E-state index contributed by atoms with van der Waals surface area (Å²) >= 11 is 0.556. The summed E-state index contributed by atoms with van der Waals surface area (Å²) in [6.45, 7) is 0.591. The van der Waals surface area contributed by atoms with Crippen LogP contribution < -0.4 is 5.32 Å². The predicted molar refractivity (Wildman–Crippen MR) is 66.4 cm³/mol. The molecule has 0 saturated heterocycles. The minimum atomic E-state index is -2.40. The second-order valence-electron chi connectivity index (χ2n) is 3.42. The maximum absolute atomic E-state index is 12.3. The number of thioether (sulfide) groups is 1. The van der Waals surface area contributed by atoms with Crippen LogP contribution in [-0.4, -0.2) is 10.7 Å². The van der Waals surface area contributed by atoms with Gasteiger partial charge in [0.2, 0.25) is 0 Å². The van der Waals surface area contributed by atoms with Crippen molar-refractivity contribution in [2.24, 2.45) is 0 Å². The fourth-order valence-corrected chi connectivity index (χ4v) is 2.10. The van der Waals surface area contributed by atoms with Gasteiger partial charge in [-0.05, 0) is 24.3 Å². The van der Waals surface area contributed by atoms with Crippen LogP contribution in [-0.2, 0) is 6.54 Å². The van der Waals surface area contributed by atoms with E-state index in [1.165, 1.54) is 0 Å². The first-order chi connectivity index (χ1) is 8.25. The molecule has 2 rings (SSSR count). The van der Waals surface area contributed by atoms with Crippen molar-refractivity contribution in [1.82, 2.24) is 4.98 Å². The van der Waals surface area contributed by atoms with Gasteiger partial charge in [-0.1, -0.05) is 23.9 Å². The Bertz CT molecular complexity index is 457. The highest BCUT2D eigenvalue weighted by molar-refractivity contribution is 7.99. The maximum atomic E-state index is 12.3. The molecule has 0 unspecified atom stereocenters. The van der Waals surface area contributed by atoms with Crippen molar-refractivity contribution in [2.45, 2.75) is 17.2 Å². The van der Waals surface area contributed by atoms with Gasteiger partial charge in [-0.3, -0.25) is 0 Å². The zero-order chi connectivity index (χ0) is 12.1. The minimum absolute atomic E-state index is 0.556. The first-order valence-corrected chi connectivity index (χ1v) is 6.03. The molecule has 0 spiro atoms. The van der Waals surface area contributed by atoms with E-state index in [1.807, 2.05) is 24.4 Å². The van der Waals surface area contributed by atoms with Crippen LogP contribution in [0.4, 0.5) is 14.5 Å². The van der Waals surface area contributed by atoms with Crippen LogP contribution in [0.15, 0.2) is 47.5 Å². The van der Waals surface area contributed by atoms with Gasteiger partial charge in [-0.15, -0.1) is 0 Å². The molecule has 1 heterocycles. The Labute approximate surface area is 102 Å². The molecule has 0 amide bonds. The largest absolute Gasteiger partial charge is 0.379 e. The summed E-state index contributed by atoms with van der Waals surface area (Å²) in [5.41, 5.74) is 1.74. The highest BCUT2D eigenvalue weighted by Gasteiger charge is 2.09. The Hall–Kier alpha value is -1.49. The van der Waals surface area contributed by atoms with E-state index in [2.05, 4.69) is 10.3 Å². The number of hydrogen-bond donors (Lipinski definition) is 2. The average molecular weight is 254 g/mol. The van der Waals surface area contributed by atoms with E-state index in [-0.39, 0.29) is 0 Å². The van der Waals surface area contributed by atoms with E-state index in [0.29, 0.717) is 23.2 Å². The van der Waals surface area contributed by atoms with Gasteiger partial charge in [0.25, 0.3) is 5.76 Å². The highest BCUT2D eigenvalue weighted by atomic mass is 32.2. The van der Waals surface area contributed by atoms with Gasteiger partial charge in [0.15, 0.2) is 0 Å². The molecule has 0 aliphatic heterocycles. The lowest BCUT2D eigenvalue weighted by Crippen LogP contribution is -2.01. The number of H-pyrrole nitrogens is 1. The molecule has 90 valence electrons. The van der Waals surface area contributed by atoms with Crippen LogP contribution in [0.2, 0.25) is 0 Å². The molecule has 0 aliphatic rings. The van der Waals surface area contributed by atoms with Crippen molar-refractivity contribution in [2.75, 3.05) is 5.32 Å². The molecule has 0 fully saturated rings. The fourth-order valence-electron chi connectivity index (χ4n) is 1.48. The average Bonchev–Trinajstić information content (AvgIpc) is 2.80. The van der Waals surface area contributed by atoms with E-state index in [1.54, 1.807) is 18.2 Å². The third kappa shape index (κ3) is 3.49. The maximum Gasteiger partial charge on any atom is 0.288 e. The van der Waals surface area contributed by atoms with Crippen LogP contribution in [0.3, 0.4) is 0 Å². The fraction of sp³-hybridized carbons (Fsp3) is 0.167. The van der Waals surface area contributed by atoms with Crippen molar-refractivity contribution in [3.8, 4) is 0 Å². The van der Waals surface area contributed by atoms with Gasteiger partial charge < -0.3 is 10.3 Å². The third-order valence-corrected chi connectivity index (χ3v) is 3.02. The van der Waals surface area contributed by atoms with Crippen molar-refractivity contribution in [3.05, 3.63) is 48.3 Å². The third-order valence-electron chi connectivity index (χ3n) is 2.23. The van der Waals surface area contributed by atoms with Crippen molar-refractivity contribution >= 4 is 17.4 Å². The van der Waals surface area contributed by atoms with Gasteiger partial charge in [0.05, 0.1) is 6.54 Å². The Morgan fingerprint density at radius 1 is 1.18 bits per heavy atom. The summed E-state index contributed by atoms with van der Waals surface area (Å²) in [6, 6.07) is 10.9. The lowest BCUT2D eigenvalue weighted by molar-refractivity contribution is 0.252. The number of aromatic amines is 1. The summed E-state index contributed by atoms with van der Waals surface area (Å²) in [6.07, 6.45) is 1.83. The number of benzene rings is 1. The molecular formula is C12H12F2N2S. The van der Waals surface area contributed by atoms with Crippen molar-refractivity contribution in [1.29, 1.82) is 0 Å². The first-order valence-electron chi connectivity index (χ1n) is 5.15. The molecule has 0 atom stereocenters. The summed E-state index contributed by atoms with van der Waals surface area (Å²) < 4.78 is 24.7. The van der Waals surface area contributed by atoms with Crippen LogP contribution in [0.5, 0.6) is 0 Å². The van der Waals surface area contributed by atoms with Crippen LogP contribution in [0.25, 0.3) is 0 Å². The van der Waals surface area contributed by atoms with Gasteiger partial charge >= 0.3 is 0 Å². The van der Waals surface area contributed by atoms with Crippen LogP contribution in [0, 0.1) is 0 Å². The molecule has 0 aliphatic carbocycles. The van der Waals surface area contributed by atoms with Crippen molar-refractivity contribution < 1.29 is 8.78 Å². The quantitative estimate of drug-likeness (QED) is 0.791. The van der Waals surface area contributed by atoms with Crippen molar-refractivity contribution in [3.63, 3.8) is 0 Å². The van der Waals surface area contributed by atoms with E-state index in [0.717, 1.165) is 11.4 Å². The summed E-state index contributed by atoms with van der Waals surface area (Å²) in [7, 11) is 0. The number of aromatic nitrogens is 1. The summed E-state index contributed by atoms with van der Waals surface area (Å²) in [5, 5.41) is 3.14. The topological polar surface area (TPSA) is 27.8 Å². The number of hydrogen-bond acceptors (Lipinski definition) is 2. The number of halogens is 2. The van der Waals surface area contributed by atoms with Gasteiger partial charge in [-0.2, -0.15) is 8.78 Å². The molecule has 0 saturated carbocycles. The Morgan fingerprint density at radius 3 is 2.71 bits per heavy atom. The normalized spacial score (nSPS) is 10.8. The molecular weight excluding hydrogens is 242 g/mol. The SMILES string of the molecule is FC(F)Sc1ccccc1NCc1ccc[nH]1. The lowest BCUT2D eigenvalue weighted by atomic mass is 10.3. The molecule has 1 aromatic carbocycles. The number of rotatable bonds is 5. The Balaban J connectivity index is 2.04. The van der Waals surface area contributed by atoms with Crippen LogP contribution in [0.1, 0.15) is 5.69 Å². The number of alkyl halides is 2. The first kappa shape index (κ1) is 12.0. The Kier molecular flexibility index (Phi) is 4.03. The molecule has 0 bridgehead atoms. The van der Waals surface area contributed by atoms with Gasteiger partial charge in [-0.25, -0.2) is 0 Å². The summed E-state index contributed by atoms with van der Waals surface area (Å²) in [5.74, 6) is -2.40. The molecule has 1 aromatic heterocycles. The molecule has 2 N–H and O–H groups in total. The number of anilines is 1. The van der Waals surface area contributed by atoms with Crippen LogP contribution >= 0.6 is 11.8 Å². The van der Waals surface area contributed by atoms with E-state index in [4.69, 9.17) is 0 Å². The molecule has 0 radical (unpaired) electrons. The van der Waals surface area contributed by atoms with E-state index < -0.39 is 5.76 Å². The molecule has 17 heavy (non-hydrogen) atoms. The minimum Gasteiger partial charge on any atom is -0.379 e. The highest BCUT2D eigenvalue weighted by Crippen LogP contribution is 2.31.